The molecule has 1 aromatic heterocycles. The Morgan fingerprint density at radius 1 is 1.11 bits per heavy atom. The first-order valence-electron chi connectivity index (χ1n) is 14.6. The Morgan fingerprint density at radius 3 is 2.53 bits per heavy atom. The van der Waals surface area contributed by atoms with Gasteiger partial charge in [0.25, 0.3) is 5.91 Å². The number of rotatable bonds is 11. The van der Waals surface area contributed by atoms with E-state index in [1.807, 2.05) is 0 Å². The number of carbonyl (C=O) groups is 2. The summed E-state index contributed by atoms with van der Waals surface area (Å²) in [5.41, 5.74) is -0.00693. The number of anilines is 1. The van der Waals surface area contributed by atoms with E-state index in [2.05, 4.69) is 9.97 Å². The number of aliphatic carboxylic acids is 1. The van der Waals surface area contributed by atoms with Crippen molar-refractivity contribution in [3.63, 3.8) is 0 Å². The van der Waals surface area contributed by atoms with Crippen LogP contribution < -0.4 is 9.64 Å². The standard InChI is InChI=1S/C31H35N3O13/c35-7-1-6-30(29(43)44)12-18-10-22(38)23(46-31(45)28(42)27(41)26(40)24(14-36)47-31)11-20(18)34(30)25(39)5-3-16-2-4-21(37)17(8-16)9-19-13-32-15-33-19/h2-5,8,10-11,13,15,24,26-28,35-38,40-42,45H,1,6-7,9,12,14H2,(H,32,33)(H,43,44). The SMILES string of the molecule is O=C(C=Cc1ccc(O)c(Cc2cnc[nH]2)c1)N1c2cc(OC3(O)OC(CO)C(O)C(O)C3O)c(O)cc2CC1(CCCO)C(=O)O. The number of amides is 1. The fraction of sp³-hybridized carbons (Fsp3) is 0.387. The number of phenols is 2. The van der Waals surface area contributed by atoms with Gasteiger partial charge < -0.3 is 60.4 Å². The minimum absolute atomic E-state index is 0.000587. The molecule has 2 aromatic carbocycles. The maximum Gasteiger partial charge on any atom is 0.355 e. The summed E-state index contributed by atoms with van der Waals surface area (Å²) < 4.78 is 10.5. The Balaban J connectivity index is 1.51. The van der Waals surface area contributed by atoms with Crippen LogP contribution in [0.15, 0.2) is 48.9 Å². The largest absolute Gasteiger partial charge is 0.508 e. The number of benzene rings is 2. The van der Waals surface area contributed by atoms with Crippen molar-refractivity contribution < 1.29 is 65.0 Å². The highest BCUT2D eigenvalue weighted by Crippen LogP contribution is 2.47. The molecule has 252 valence electrons. The number of aromatic nitrogens is 2. The molecule has 6 atom stereocenters. The van der Waals surface area contributed by atoms with Gasteiger partial charge in [0.2, 0.25) is 0 Å². The number of hydrogen-bond donors (Lipinski definition) is 10. The first kappa shape index (κ1) is 33.8. The molecule has 5 rings (SSSR count). The molecule has 1 saturated heterocycles. The number of imidazole rings is 1. The van der Waals surface area contributed by atoms with Crippen molar-refractivity contribution in [3.8, 4) is 17.2 Å². The number of aromatic hydroxyl groups is 2. The van der Waals surface area contributed by atoms with Crippen LogP contribution in [0, 0.1) is 0 Å². The lowest BCUT2D eigenvalue weighted by Crippen LogP contribution is -2.67. The summed E-state index contributed by atoms with van der Waals surface area (Å²) in [6, 6.07) is 6.78. The average Bonchev–Trinajstić information content (AvgIpc) is 3.67. The number of ether oxygens (including phenoxy) is 2. The molecule has 16 nitrogen and oxygen atoms in total. The van der Waals surface area contributed by atoms with Crippen molar-refractivity contribution in [2.24, 2.45) is 0 Å². The lowest BCUT2D eigenvalue weighted by molar-refractivity contribution is -0.422. The number of carboxylic acids is 1. The van der Waals surface area contributed by atoms with Crippen LogP contribution in [0.25, 0.3) is 6.08 Å². The Bertz CT molecular complexity index is 1650. The zero-order chi connectivity index (χ0) is 34.1. The maximum atomic E-state index is 13.9. The van der Waals surface area contributed by atoms with E-state index in [4.69, 9.17) is 9.47 Å². The van der Waals surface area contributed by atoms with Gasteiger partial charge in [-0.2, -0.15) is 0 Å². The minimum Gasteiger partial charge on any atom is -0.508 e. The molecule has 3 heterocycles. The van der Waals surface area contributed by atoms with E-state index in [9.17, 15) is 55.5 Å². The molecule has 3 aromatic rings. The summed E-state index contributed by atoms with van der Waals surface area (Å²) in [5, 5.41) is 92.2. The fourth-order valence-electron chi connectivity index (χ4n) is 5.88. The number of aromatic amines is 1. The van der Waals surface area contributed by atoms with Crippen LogP contribution in [0.3, 0.4) is 0 Å². The van der Waals surface area contributed by atoms with Gasteiger partial charge >= 0.3 is 11.9 Å². The van der Waals surface area contributed by atoms with Crippen LogP contribution in [0.4, 0.5) is 5.69 Å². The van der Waals surface area contributed by atoms with Crippen LogP contribution in [-0.2, 0) is 27.2 Å². The van der Waals surface area contributed by atoms with Gasteiger partial charge in [0.05, 0.1) is 18.6 Å². The maximum absolute atomic E-state index is 13.9. The van der Waals surface area contributed by atoms with Crippen molar-refractivity contribution >= 4 is 23.6 Å². The number of fused-ring (bicyclic) bond motifs is 1. The van der Waals surface area contributed by atoms with Crippen molar-refractivity contribution in [2.75, 3.05) is 18.1 Å². The lowest BCUT2D eigenvalue weighted by Gasteiger charge is -2.44. The van der Waals surface area contributed by atoms with Crippen molar-refractivity contribution in [3.05, 3.63) is 71.3 Å². The summed E-state index contributed by atoms with van der Waals surface area (Å²) in [6.45, 7) is -1.27. The van der Waals surface area contributed by atoms with Crippen LogP contribution in [-0.4, -0.2) is 117 Å². The predicted molar refractivity (Wildman–Crippen MR) is 160 cm³/mol. The summed E-state index contributed by atoms with van der Waals surface area (Å²) in [6.07, 6.45) is -2.25. The summed E-state index contributed by atoms with van der Waals surface area (Å²) >= 11 is 0. The molecule has 0 bridgehead atoms. The topological polar surface area (TPSA) is 267 Å². The van der Waals surface area contributed by atoms with Crippen molar-refractivity contribution in [1.29, 1.82) is 0 Å². The van der Waals surface area contributed by atoms with Gasteiger partial charge in [0.1, 0.15) is 29.6 Å². The average molecular weight is 658 g/mol. The van der Waals surface area contributed by atoms with Crippen LogP contribution >= 0.6 is 0 Å². The first-order chi connectivity index (χ1) is 22.3. The normalized spacial score (nSPS) is 27.2. The van der Waals surface area contributed by atoms with Gasteiger partial charge in [-0.25, -0.2) is 9.78 Å². The van der Waals surface area contributed by atoms with E-state index in [1.165, 1.54) is 18.5 Å². The second-order valence-electron chi connectivity index (χ2n) is 11.4. The molecule has 0 aliphatic carbocycles. The molecule has 10 N–H and O–H groups in total. The Morgan fingerprint density at radius 2 is 1.87 bits per heavy atom. The van der Waals surface area contributed by atoms with E-state index in [1.54, 1.807) is 18.3 Å². The number of carboxylic acid groups (broad SMARTS) is 1. The molecule has 47 heavy (non-hydrogen) atoms. The quantitative estimate of drug-likeness (QED) is 0.0886. The molecule has 1 amide bonds. The molecule has 0 spiro atoms. The minimum atomic E-state index is -3.10. The number of phenolic OH excluding ortho intramolecular Hbond substituents is 2. The molecule has 0 saturated carbocycles. The molecular weight excluding hydrogens is 622 g/mol. The van der Waals surface area contributed by atoms with Gasteiger partial charge in [0.15, 0.2) is 17.6 Å². The number of nitrogens with zero attached hydrogens (tertiary/aromatic N) is 2. The molecule has 0 radical (unpaired) electrons. The Kier molecular flexibility index (Phi) is 9.55. The highest BCUT2D eigenvalue weighted by Gasteiger charge is 2.56. The molecular formula is C31H35N3O13. The highest BCUT2D eigenvalue weighted by molar-refractivity contribution is 6.11. The third-order valence-electron chi connectivity index (χ3n) is 8.32. The predicted octanol–water partition coefficient (Wildman–Crippen LogP) is -0.891. The summed E-state index contributed by atoms with van der Waals surface area (Å²) in [7, 11) is 0. The third-order valence-corrected chi connectivity index (χ3v) is 8.32. The molecule has 6 unspecified atom stereocenters. The highest BCUT2D eigenvalue weighted by atomic mass is 16.8. The van der Waals surface area contributed by atoms with Gasteiger partial charge in [-0.15, -0.1) is 0 Å². The fourth-order valence-corrected chi connectivity index (χ4v) is 5.88. The summed E-state index contributed by atoms with van der Waals surface area (Å²) in [5.74, 6) is -6.55. The van der Waals surface area contributed by atoms with E-state index < -0.39 is 65.9 Å². The van der Waals surface area contributed by atoms with Crippen LogP contribution in [0.2, 0.25) is 0 Å². The molecule has 16 heteroatoms. The van der Waals surface area contributed by atoms with Gasteiger partial charge in [-0.1, -0.05) is 6.07 Å². The molecule has 2 aliphatic heterocycles. The van der Waals surface area contributed by atoms with Gasteiger partial charge in [0, 0.05) is 49.0 Å². The first-order valence-corrected chi connectivity index (χ1v) is 14.6. The molecule has 1 fully saturated rings. The third kappa shape index (κ3) is 6.39. The van der Waals surface area contributed by atoms with Gasteiger partial charge in [-0.3, -0.25) is 9.69 Å². The zero-order valence-corrected chi connectivity index (χ0v) is 24.8. The Labute approximate surface area is 267 Å². The molecule has 2 aliphatic rings. The number of aliphatic hydroxyl groups is 6. The van der Waals surface area contributed by atoms with Gasteiger partial charge in [-0.05, 0) is 48.2 Å². The number of H-pyrrole nitrogens is 1. The van der Waals surface area contributed by atoms with Crippen LogP contribution in [0.1, 0.15) is 35.2 Å². The lowest BCUT2D eigenvalue weighted by atomic mass is 9.88. The van der Waals surface area contributed by atoms with E-state index in [-0.39, 0.29) is 42.9 Å². The van der Waals surface area contributed by atoms with Crippen LogP contribution in [0.5, 0.6) is 17.2 Å². The second kappa shape index (κ2) is 13.3. The number of aliphatic hydroxyl groups excluding tert-OH is 5. The zero-order valence-electron chi connectivity index (χ0n) is 24.8. The monoisotopic (exact) mass is 657 g/mol. The van der Waals surface area contributed by atoms with E-state index in [0.717, 1.165) is 28.8 Å². The van der Waals surface area contributed by atoms with Crippen molar-refractivity contribution in [1.82, 2.24) is 9.97 Å². The van der Waals surface area contributed by atoms with Crippen molar-refractivity contribution in [2.45, 2.75) is 61.6 Å². The van der Waals surface area contributed by atoms with E-state index >= 15 is 0 Å². The number of hydrogen-bond acceptors (Lipinski definition) is 13. The number of carbonyl (C=O) groups excluding carboxylic acids is 1. The number of nitrogens with one attached hydrogen (secondary N) is 1. The van der Waals surface area contributed by atoms with E-state index in [0.29, 0.717) is 17.5 Å². The second-order valence-corrected chi connectivity index (χ2v) is 11.4. The Hall–Kier alpha value is -4.55. The smallest absolute Gasteiger partial charge is 0.355 e. The summed E-state index contributed by atoms with van der Waals surface area (Å²) in [4.78, 5) is 34.6.